The van der Waals surface area contributed by atoms with Crippen LogP contribution in [0.2, 0.25) is 0 Å². The van der Waals surface area contributed by atoms with Gasteiger partial charge in [-0.3, -0.25) is 9.69 Å². The van der Waals surface area contributed by atoms with E-state index in [4.69, 9.17) is 0 Å². The number of piperidine rings is 1. The number of rotatable bonds is 8. The van der Waals surface area contributed by atoms with Gasteiger partial charge in [0.2, 0.25) is 16.2 Å². The fourth-order valence-corrected chi connectivity index (χ4v) is 5.94. The van der Waals surface area contributed by atoms with Crippen LogP contribution >= 0.6 is 11.3 Å². The van der Waals surface area contributed by atoms with Crippen molar-refractivity contribution in [3.8, 4) is 0 Å². The molecule has 1 amide bonds. The third kappa shape index (κ3) is 6.55. The van der Waals surface area contributed by atoms with Crippen molar-refractivity contribution in [2.45, 2.75) is 38.3 Å². The van der Waals surface area contributed by atoms with Crippen molar-refractivity contribution in [2.75, 3.05) is 48.3 Å². The molecule has 37 heavy (non-hydrogen) atoms. The second-order valence-corrected chi connectivity index (χ2v) is 10.7. The lowest BCUT2D eigenvalue weighted by Crippen LogP contribution is -2.36. The van der Waals surface area contributed by atoms with Gasteiger partial charge < -0.3 is 15.1 Å². The van der Waals surface area contributed by atoms with Gasteiger partial charge in [0.25, 0.3) is 0 Å². The van der Waals surface area contributed by atoms with E-state index in [0.717, 1.165) is 55.9 Å². The highest BCUT2D eigenvalue weighted by Crippen LogP contribution is 2.29. The number of carbonyl (C=O) groups is 1. The quantitative estimate of drug-likeness (QED) is 0.475. The lowest BCUT2D eigenvalue weighted by molar-refractivity contribution is -0.117. The first kappa shape index (κ1) is 25.4. The molecule has 196 valence electrons. The Morgan fingerprint density at radius 2 is 1.97 bits per heavy atom. The van der Waals surface area contributed by atoms with Crippen LogP contribution in [-0.4, -0.2) is 70.5 Å². The number of hydrogen-bond donors (Lipinski definition) is 1. The van der Waals surface area contributed by atoms with Crippen LogP contribution in [0.4, 0.5) is 24.9 Å². The summed E-state index contributed by atoms with van der Waals surface area (Å²) in [6.45, 7) is 3.73. The zero-order valence-corrected chi connectivity index (χ0v) is 21.5. The minimum absolute atomic E-state index is 0.0938. The summed E-state index contributed by atoms with van der Waals surface area (Å²) >= 11 is 1.36. The predicted octanol–water partition coefficient (Wildman–Crippen LogP) is 3.56. The number of likely N-dealkylation sites (tertiary alicyclic amines) is 1. The summed E-state index contributed by atoms with van der Waals surface area (Å²) in [7, 11) is 2.00. The fraction of sp³-hybridized carbons (Fsp3) is 0.480. The van der Waals surface area contributed by atoms with E-state index in [9.17, 15) is 13.6 Å². The molecule has 0 bridgehead atoms. The van der Waals surface area contributed by atoms with Gasteiger partial charge in [-0.1, -0.05) is 11.3 Å². The third-order valence-corrected chi connectivity index (χ3v) is 7.89. The molecule has 2 aliphatic rings. The van der Waals surface area contributed by atoms with Crippen molar-refractivity contribution in [3.05, 3.63) is 53.7 Å². The van der Waals surface area contributed by atoms with Gasteiger partial charge in [-0.2, -0.15) is 5.10 Å². The standard InChI is InChI=1S/C25H30F2N8OS/c1-33(21-6-9-35(16-21)22-5-2-7-28-30-22)25-32-31-24(37-25)29-23(36)12-17-4-3-8-34(14-17)15-18-10-19(26)13-20(27)11-18/h2,5,7,10-11,13,17,21H,3-4,6,8-9,12,14-16H2,1H3,(H,29,31,36)/t17-,21+/m0/s1. The summed E-state index contributed by atoms with van der Waals surface area (Å²) in [5.41, 5.74) is 0.607. The summed E-state index contributed by atoms with van der Waals surface area (Å²) < 4.78 is 27.1. The topological polar surface area (TPSA) is 90.4 Å². The second kappa shape index (κ2) is 11.4. The van der Waals surface area contributed by atoms with E-state index < -0.39 is 11.6 Å². The molecule has 5 rings (SSSR count). The number of aromatic nitrogens is 4. The lowest BCUT2D eigenvalue weighted by Gasteiger charge is -2.32. The van der Waals surface area contributed by atoms with Crippen LogP contribution in [0.15, 0.2) is 36.5 Å². The number of nitrogens with zero attached hydrogens (tertiary/aromatic N) is 7. The van der Waals surface area contributed by atoms with Gasteiger partial charge in [0, 0.05) is 51.9 Å². The Balaban J connectivity index is 1.11. The number of benzene rings is 1. The van der Waals surface area contributed by atoms with Crippen molar-refractivity contribution in [1.29, 1.82) is 0 Å². The Morgan fingerprint density at radius 1 is 1.14 bits per heavy atom. The predicted molar refractivity (Wildman–Crippen MR) is 139 cm³/mol. The maximum atomic E-state index is 13.5. The van der Waals surface area contributed by atoms with Crippen molar-refractivity contribution >= 4 is 33.3 Å². The molecule has 0 radical (unpaired) electrons. The monoisotopic (exact) mass is 528 g/mol. The molecular weight excluding hydrogens is 498 g/mol. The van der Waals surface area contributed by atoms with Crippen LogP contribution in [0.1, 0.15) is 31.2 Å². The Bertz CT molecular complexity index is 1190. The largest absolute Gasteiger partial charge is 0.353 e. The van der Waals surface area contributed by atoms with Crippen molar-refractivity contribution in [3.63, 3.8) is 0 Å². The molecule has 2 aromatic heterocycles. The zero-order valence-electron chi connectivity index (χ0n) is 20.7. The van der Waals surface area contributed by atoms with Crippen LogP contribution in [0.3, 0.4) is 0 Å². The molecule has 1 N–H and O–H groups in total. The maximum Gasteiger partial charge on any atom is 0.226 e. The number of amides is 1. The van der Waals surface area contributed by atoms with Gasteiger partial charge >= 0.3 is 0 Å². The Morgan fingerprint density at radius 3 is 2.76 bits per heavy atom. The Labute approximate surface area is 218 Å². The molecular formula is C25H30F2N8OS. The van der Waals surface area contributed by atoms with Crippen LogP contribution in [0.25, 0.3) is 0 Å². The van der Waals surface area contributed by atoms with E-state index in [1.54, 1.807) is 6.20 Å². The van der Waals surface area contributed by atoms with Crippen LogP contribution in [0.5, 0.6) is 0 Å². The minimum atomic E-state index is -0.569. The average molecular weight is 529 g/mol. The SMILES string of the molecule is CN(c1nnc(NC(=O)C[C@@H]2CCCN(Cc3cc(F)cc(F)c3)C2)s1)[C@@H]1CCN(c2cccnn2)C1. The molecule has 2 aliphatic heterocycles. The molecule has 2 saturated heterocycles. The van der Waals surface area contributed by atoms with Gasteiger partial charge in [0.1, 0.15) is 11.6 Å². The molecule has 12 heteroatoms. The van der Waals surface area contributed by atoms with E-state index in [1.807, 2.05) is 19.2 Å². The molecule has 0 aliphatic carbocycles. The molecule has 9 nitrogen and oxygen atoms in total. The number of hydrogen-bond acceptors (Lipinski definition) is 9. The van der Waals surface area contributed by atoms with E-state index in [-0.39, 0.29) is 17.9 Å². The summed E-state index contributed by atoms with van der Waals surface area (Å²) in [6.07, 6.45) is 4.88. The van der Waals surface area contributed by atoms with Crippen LogP contribution < -0.4 is 15.1 Å². The van der Waals surface area contributed by atoms with Crippen molar-refractivity contribution in [2.24, 2.45) is 5.92 Å². The number of anilines is 3. The molecule has 2 fully saturated rings. The van der Waals surface area contributed by atoms with Gasteiger partial charge in [-0.05, 0) is 61.6 Å². The van der Waals surface area contributed by atoms with Crippen LogP contribution in [0, 0.1) is 17.6 Å². The van der Waals surface area contributed by atoms with Crippen LogP contribution in [-0.2, 0) is 11.3 Å². The summed E-state index contributed by atoms with van der Waals surface area (Å²) in [5.74, 6) is -0.189. The summed E-state index contributed by atoms with van der Waals surface area (Å²) in [4.78, 5) is 19.2. The number of halogens is 2. The van der Waals surface area contributed by atoms with Gasteiger partial charge in [0.05, 0.1) is 6.04 Å². The number of likely N-dealkylation sites (N-methyl/N-ethyl adjacent to an activating group) is 1. The van der Waals surface area contributed by atoms with E-state index in [1.165, 1.54) is 23.5 Å². The smallest absolute Gasteiger partial charge is 0.226 e. The van der Waals surface area contributed by atoms with Gasteiger partial charge in [-0.15, -0.1) is 15.3 Å². The molecule has 0 spiro atoms. The highest BCUT2D eigenvalue weighted by molar-refractivity contribution is 7.19. The third-order valence-electron chi connectivity index (χ3n) is 6.96. The zero-order chi connectivity index (χ0) is 25.8. The molecule has 2 atom stereocenters. The first-order valence-corrected chi connectivity index (χ1v) is 13.3. The fourth-order valence-electron chi connectivity index (χ4n) is 5.15. The van der Waals surface area contributed by atoms with Gasteiger partial charge in [-0.25, -0.2) is 8.78 Å². The number of nitrogens with one attached hydrogen (secondary N) is 1. The maximum absolute atomic E-state index is 13.5. The van der Waals surface area contributed by atoms with Gasteiger partial charge in [0.15, 0.2) is 5.82 Å². The first-order chi connectivity index (χ1) is 17.9. The van der Waals surface area contributed by atoms with E-state index >= 15 is 0 Å². The highest BCUT2D eigenvalue weighted by atomic mass is 32.1. The minimum Gasteiger partial charge on any atom is -0.353 e. The molecule has 1 aromatic carbocycles. The second-order valence-electron chi connectivity index (χ2n) is 9.74. The molecule has 4 heterocycles. The summed E-state index contributed by atoms with van der Waals surface area (Å²) in [6, 6.07) is 7.71. The van der Waals surface area contributed by atoms with Crippen molar-refractivity contribution in [1.82, 2.24) is 25.3 Å². The Kier molecular flexibility index (Phi) is 7.85. The van der Waals surface area contributed by atoms with E-state index in [0.29, 0.717) is 30.2 Å². The molecule has 0 saturated carbocycles. The van der Waals surface area contributed by atoms with E-state index in [2.05, 4.69) is 40.4 Å². The summed E-state index contributed by atoms with van der Waals surface area (Å²) in [5, 5.41) is 20.8. The molecule has 3 aromatic rings. The molecule has 0 unspecified atom stereocenters. The normalized spacial score (nSPS) is 20.2. The Hall–Kier alpha value is -3.25. The van der Waals surface area contributed by atoms with Crippen molar-refractivity contribution < 1.29 is 13.6 Å². The lowest BCUT2D eigenvalue weighted by atomic mass is 9.94. The number of carbonyl (C=O) groups excluding carboxylic acids is 1. The average Bonchev–Trinajstić information content (AvgIpc) is 3.54. The highest BCUT2D eigenvalue weighted by Gasteiger charge is 2.29. The first-order valence-electron chi connectivity index (χ1n) is 12.5.